The maximum absolute atomic E-state index is 4.45. The van der Waals surface area contributed by atoms with Crippen molar-refractivity contribution in [1.29, 1.82) is 0 Å². The number of nitrogens with zero attached hydrogens (tertiary/aromatic N) is 3. The number of aryl methyl sites for hydroxylation is 3. The van der Waals surface area contributed by atoms with E-state index in [4.69, 9.17) is 0 Å². The molecule has 3 aromatic rings. The quantitative estimate of drug-likeness (QED) is 0.794. The van der Waals surface area contributed by atoms with E-state index in [0.29, 0.717) is 0 Å². The standard InChI is InChI=1S/C15H18N4S/c1-9-7-14-15(16-5-6-19(14)18-9)17-11(3)13-8-10(2)20-12(13)4/h5-8,11H,1-4H3,(H,16,17). The lowest BCUT2D eigenvalue weighted by Gasteiger charge is -2.15. The molecule has 5 heteroatoms. The second-order valence-corrected chi connectivity index (χ2v) is 6.59. The van der Waals surface area contributed by atoms with Gasteiger partial charge in [0.05, 0.1) is 11.7 Å². The number of anilines is 1. The number of fused-ring (bicyclic) bond motifs is 1. The maximum atomic E-state index is 4.45. The molecule has 3 aromatic heterocycles. The average molecular weight is 286 g/mol. The van der Waals surface area contributed by atoms with E-state index in [0.717, 1.165) is 17.0 Å². The van der Waals surface area contributed by atoms with E-state index in [-0.39, 0.29) is 6.04 Å². The molecule has 0 amide bonds. The topological polar surface area (TPSA) is 42.2 Å². The summed E-state index contributed by atoms with van der Waals surface area (Å²) in [5.74, 6) is 0.879. The molecule has 1 unspecified atom stereocenters. The van der Waals surface area contributed by atoms with Crippen LogP contribution in [0.5, 0.6) is 0 Å². The van der Waals surface area contributed by atoms with Crippen LogP contribution in [0.25, 0.3) is 5.52 Å². The van der Waals surface area contributed by atoms with Gasteiger partial charge in [-0.15, -0.1) is 11.3 Å². The summed E-state index contributed by atoms with van der Waals surface area (Å²) in [6.07, 6.45) is 3.65. The van der Waals surface area contributed by atoms with E-state index in [1.807, 2.05) is 35.0 Å². The molecule has 1 atom stereocenters. The summed E-state index contributed by atoms with van der Waals surface area (Å²) in [6.45, 7) is 8.48. The van der Waals surface area contributed by atoms with Crippen LogP contribution in [0, 0.1) is 20.8 Å². The zero-order valence-corrected chi connectivity index (χ0v) is 13.0. The van der Waals surface area contributed by atoms with Crippen LogP contribution in [0.1, 0.15) is 34.0 Å². The Hall–Kier alpha value is -1.88. The number of rotatable bonds is 3. The highest BCUT2D eigenvalue weighted by atomic mass is 32.1. The highest BCUT2D eigenvalue weighted by Crippen LogP contribution is 2.29. The van der Waals surface area contributed by atoms with Crippen molar-refractivity contribution in [2.24, 2.45) is 0 Å². The van der Waals surface area contributed by atoms with Crippen molar-refractivity contribution in [2.45, 2.75) is 33.7 Å². The summed E-state index contributed by atoms with van der Waals surface area (Å²) in [6, 6.07) is 4.53. The molecule has 4 nitrogen and oxygen atoms in total. The third kappa shape index (κ3) is 2.29. The minimum absolute atomic E-state index is 0.230. The fraction of sp³-hybridized carbons (Fsp3) is 0.333. The van der Waals surface area contributed by atoms with Gasteiger partial charge in [0.15, 0.2) is 5.82 Å². The first-order valence-electron chi connectivity index (χ1n) is 6.69. The molecule has 0 fully saturated rings. The Morgan fingerprint density at radius 3 is 2.75 bits per heavy atom. The zero-order chi connectivity index (χ0) is 14.3. The number of hydrogen-bond acceptors (Lipinski definition) is 4. The van der Waals surface area contributed by atoms with Gasteiger partial charge in [-0.05, 0) is 45.4 Å². The van der Waals surface area contributed by atoms with Gasteiger partial charge in [0.25, 0.3) is 0 Å². The molecule has 20 heavy (non-hydrogen) atoms. The van der Waals surface area contributed by atoms with Crippen LogP contribution in [-0.4, -0.2) is 14.6 Å². The van der Waals surface area contributed by atoms with Gasteiger partial charge in [-0.1, -0.05) is 0 Å². The van der Waals surface area contributed by atoms with E-state index >= 15 is 0 Å². The van der Waals surface area contributed by atoms with E-state index in [9.17, 15) is 0 Å². The van der Waals surface area contributed by atoms with Crippen LogP contribution >= 0.6 is 11.3 Å². The molecule has 0 aromatic carbocycles. The minimum Gasteiger partial charge on any atom is -0.362 e. The van der Waals surface area contributed by atoms with Gasteiger partial charge in [0.1, 0.15) is 5.52 Å². The van der Waals surface area contributed by atoms with Crippen molar-refractivity contribution < 1.29 is 0 Å². The second-order valence-electron chi connectivity index (χ2n) is 5.13. The third-order valence-electron chi connectivity index (χ3n) is 3.41. The first-order chi connectivity index (χ1) is 9.54. The van der Waals surface area contributed by atoms with Gasteiger partial charge in [-0.25, -0.2) is 9.50 Å². The molecule has 0 aliphatic carbocycles. The van der Waals surface area contributed by atoms with Crippen molar-refractivity contribution in [1.82, 2.24) is 14.6 Å². The lowest BCUT2D eigenvalue weighted by atomic mass is 10.1. The maximum Gasteiger partial charge on any atom is 0.152 e. The first kappa shape index (κ1) is 13.1. The van der Waals surface area contributed by atoms with Crippen molar-refractivity contribution in [2.75, 3.05) is 5.32 Å². The highest BCUT2D eigenvalue weighted by Gasteiger charge is 2.13. The van der Waals surface area contributed by atoms with E-state index < -0.39 is 0 Å². The predicted octanol–water partition coefficient (Wildman–Crippen LogP) is 3.89. The van der Waals surface area contributed by atoms with Gasteiger partial charge in [0.2, 0.25) is 0 Å². The van der Waals surface area contributed by atoms with Crippen LogP contribution in [0.4, 0.5) is 5.82 Å². The molecule has 0 bridgehead atoms. The van der Waals surface area contributed by atoms with Gasteiger partial charge < -0.3 is 5.32 Å². The first-order valence-corrected chi connectivity index (χ1v) is 7.50. The minimum atomic E-state index is 0.230. The number of hydrogen-bond donors (Lipinski definition) is 1. The van der Waals surface area contributed by atoms with Crippen LogP contribution in [0.2, 0.25) is 0 Å². The predicted molar refractivity (Wildman–Crippen MR) is 83.6 cm³/mol. The lowest BCUT2D eigenvalue weighted by Crippen LogP contribution is -2.09. The monoisotopic (exact) mass is 286 g/mol. The van der Waals surface area contributed by atoms with Gasteiger partial charge in [0, 0.05) is 22.1 Å². The van der Waals surface area contributed by atoms with Crippen LogP contribution in [0.15, 0.2) is 24.5 Å². The Kier molecular flexibility index (Phi) is 3.22. The summed E-state index contributed by atoms with van der Waals surface area (Å²) in [5.41, 5.74) is 3.35. The van der Waals surface area contributed by atoms with Crippen molar-refractivity contribution in [3.05, 3.63) is 45.5 Å². The molecule has 0 saturated carbocycles. The van der Waals surface area contributed by atoms with E-state index in [1.165, 1.54) is 15.3 Å². The molecular formula is C15H18N4S. The molecule has 0 aliphatic heterocycles. The number of thiophene rings is 1. The largest absolute Gasteiger partial charge is 0.362 e. The Morgan fingerprint density at radius 1 is 1.25 bits per heavy atom. The van der Waals surface area contributed by atoms with Crippen LogP contribution in [0.3, 0.4) is 0 Å². The highest BCUT2D eigenvalue weighted by molar-refractivity contribution is 7.12. The zero-order valence-electron chi connectivity index (χ0n) is 12.1. The lowest BCUT2D eigenvalue weighted by molar-refractivity contribution is 0.862. The Labute approximate surface area is 122 Å². The fourth-order valence-electron chi connectivity index (χ4n) is 2.52. The molecule has 1 N–H and O–H groups in total. The Balaban J connectivity index is 1.95. The van der Waals surface area contributed by atoms with E-state index in [1.54, 1.807) is 6.20 Å². The molecule has 0 aliphatic rings. The van der Waals surface area contributed by atoms with Gasteiger partial charge in [-0.3, -0.25) is 0 Å². The van der Waals surface area contributed by atoms with Gasteiger partial charge in [-0.2, -0.15) is 5.10 Å². The number of nitrogens with one attached hydrogen (secondary N) is 1. The van der Waals surface area contributed by atoms with Crippen molar-refractivity contribution >= 4 is 22.7 Å². The Morgan fingerprint density at radius 2 is 2.05 bits per heavy atom. The summed E-state index contributed by atoms with van der Waals surface area (Å²) < 4.78 is 1.86. The van der Waals surface area contributed by atoms with Crippen LogP contribution < -0.4 is 5.32 Å². The second kappa shape index (κ2) is 4.90. The summed E-state index contributed by atoms with van der Waals surface area (Å²) in [5, 5.41) is 7.92. The molecular weight excluding hydrogens is 268 g/mol. The van der Waals surface area contributed by atoms with Gasteiger partial charge >= 0.3 is 0 Å². The molecule has 0 radical (unpaired) electrons. The molecule has 3 rings (SSSR count). The molecule has 3 heterocycles. The summed E-state index contributed by atoms with van der Waals surface area (Å²) in [7, 11) is 0. The molecule has 0 spiro atoms. The smallest absolute Gasteiger partial charge is 0.152 e. The SMILES string of the molecule is Cc1cc2c(NC(C)c3cc(C)sc3C)nccn2n1. The van der Waals surface area contributed by atoms with E-state index in [2.05, 4.69) is 42.2 Å². The molecule has 0 saturated heterocycles. The Bertz CT molecular complexity index is 756. The fourth-order valence-corrected chi connectivity index (χ4v) is 3.54. The third-order valence-corrected chi connectivity index (χ3v) is 4.39. The normalized spacial score (nSPS) is 12.8. The average Bonchev–Trinajstić information content (AvgIpc) is 2.91. The van der Waals surface area contributed by atoms with Crippen LogP contribution in [-0.2, 0) is 0 Å². The summed E-state index contributed by atoms with van der Waals surface area (Å²) in [4.78, 5) is 7.16. The van der Waals surface area contributed by atoms with Crippen molar-refractivity contribution in [3.63, 3.8) is 0 Å². The molecule has 104 valence electrons. The summed E-state index contributed by atoms with van der Waals surface area (Å²) >= 11 is 1.84. The van der Waals surface area contributed by atoms with Crippen molar-refractivity contribution in [3.8, 4) is 0 Å². The number of aromatic nitrogens is 3.